The van der Waals surface area contributed by atoms with Gasteiger partial charge in [-0.2, -0.15) is 0 Å². The van der Waals surface area contributed by atoms with Crippen LogP contribution in [0.25, 0.3) is 0 Å². The van der Waals surface area contributed by atoms with E-state index in [1.165, 1.54) is 0 Å². The molecule has 1 heterocycles. The van der Waals surface area contributed by atoms with Crippen LogP contribution in [0.3, 0.4) is 0 Å². The Bertz CT molecular complexity index is 390. The number of nitrogens with zero attached hydrogens (tertiary/aromatic N) is 2. The van der Waals surface area contributed by atoms with E-state index in [1.807, 2.05) is 40.7 Å². The third-order valence-electron chi connectivity index (χ3n) is 1.79. The van der Waals surface area contributed by atoms with Crippen LogP contribution in [0, 0.1) is 13.8 Å². The number of hydrogen-bond acceptors (Lipinski definition) is 5. The van der Waals surface area contributed by atoms with Crippen LogP contribution in [0.5, 0.6) is 0 Å². The Morgan fingerprint density at radius 3 is 2.29 bits per heavy atom. The number of rotatable bonds is 3. The first-order valence-electron chi connectivity index (χ1n) is 5.54. The van der Waals surface area contributed by atoms with Crippen molar-refractivity contribution in [3.8, 4) is 0 Å². The summed E-state index contributed by atoms with van der Waals surface area (Å²) in [7, 11) is 0. The fraction of sp³-hybridized carbons (Fsp3) is 0.583. The number of esters is 1. The number of nitrogens with one attached hydrogen (secondary N) is 1. The highest BCUT2D eigenvalue weighted by Crippen LogP contribution is 2.07. The fourth-order valence-electron chi connectivity index (χ4n) is 1.33. The van der Waals surface area contributed by atoms with Crippen molar-refractivity contribution in [2.24, 2.45) is 0 Å². The molecule has 1 N–H and O–H groups in total. The Balaban J connectivity index is 2.53. The van der Waals surface area contributed by atoms with Crippen LogP contribution < -0.4 is 5.32 Å². The molecule has 5 nitrogen and oxygen atoms in total. The Morgan fingerprint density at radius 1 is 1.29 bits per heavy atom. The number of anilines is 1. The standard InChI is InChI=1S/C12H19N3O2/c1-8-6-9(2)15-11(14-8)13-7-10(16)17-12(3,4)5/h6H,7H2,1-5H3,(H,13,14,15). The topological polar surface area (TPSA) is 64.1 Å². The molecule has 0 saturated carbocycles. The van der Waals surface area contributed by atoms with Crippen LogP contribution in [0.4, 0.5) is 5.95 Å². The fourth-order valence-corrected chi connectivity index (χ4v) is 1.33. The summed E-state index contributed by atoms with van der Waals surface area (Å²) in [6, 6.07) is 1.87. The monoisotopic (exact) mass is 237 g/mol. The molecule has 17 heavy (non-hydrogen) atoms. The summed E-state index contributed by atoms with van der Waals surface area (Å²) in [6.45, 7) is 9.33. The Labute approximate surface area is 102 Å². The maximum Gasteiger partial charge on any atom is 0.325 e. The normalized spacial score (nSPS) is 11.1. The first-order chi connectivity index (χ1) is 7.76. The molecule has 1 aromatic rings. The number of carbonyl (C=O) groups excluding carboxylic acids is 1. The smallest absolute Gasteiger partial charge is 0.325 e. The number of ether oxygens (including phenoxy) is 1. The quantitative estimate of drug-likeness (QED) is 0.813. The van der Waals surface area contributed by atoms with Crippen LogP contribution in [-0.2, 0) is 9.53 Å². The van der Waals surface area contributed by atoms with Gasteiger partial charge in [0.2, 0.25) is 5.95 Å². The zero-order valence-corrected chi connectivity index (χ0v) is 11.0. The van der Waals surface area contributed by atoms with E-state index in [-0.39, 0.29) is 12.5 Å². The van der Waals surface area contributed by atoms with Crippen LogP contribution in [0.1, 0.15) is 32.2 Å². The van der Waals surface area contributed by atoms with E-state index in [2.05, 4.69) is 15.3 Å². The van der Waals surface area contributed by atoms with E-state index in [0.29, 0.717) is 5.95 Å². The van der Waals surface area contributed by atoms with Gasteiger partial charge in [0.05, 0.1) is 0 Å². The molecule has 0 saturated heterocycles. The zero-order valence-electron chi connectivity index (χ0n) is 11.0. The van der Waals surface area contributed by atoms with E-state index < -0.39 is 5.60 Å². The van der Waals surface area contributed by atoms with Crippen molar-refractivity contribution in [1.29, 1.82) is 0 Å². The lowest BCUT2D eigenvalue weighted by atomic mass is 10.2. The maximum atomic E-state index is 11.5. The summed E-state index contributed by atoms with van der Waals surface area (Å²) >= 11 is 0. The number of aromatic nitrogens is 2. The Morgan fingerprint density at radius 2 is 1.82 bits per heavy atom. The van der Waals surface area contributed by atoms with Crippen molar-refractivity contribution in [3.05, 3.63) is 17.5 Å². The summed E-state index contributed by atoms with van der Waals surface area (Å²) in [5, 5.41) is 2.85. The van der Waals surface area contributed by atoms with Crippen LogP contribution in [0.15, 0.2) is 6.07 Å². The van der Waals surface area contributed by atoms with Crippen molar-refractivity contribution in [1.82, 2.24) is 9.97 Å². The van der Waals surface area contributed by atoms with Crippen LogP contribution >= 0.6 is 0 Å². The van der Waals surface area contributed by atoms with E-state index in [1.54, 1.807) is 0 Å². The van der Waals surface area contributed by atoms with E-state index in [0.717, 1.165) is 11.4 Å². The van der Waals surface area contributed by atoms with Gasteiger partial charge < -0.3 is 10.1 Å². The molecule has 5 heteroatoms. The summed E-state index contributed by atoms with van der Waals surface area (Å²) < 4.78 is 5.16. The Kier molecular flexibility index (Phi) is 4.04. The molecular weight excluding hydrogens is 218 g/mol. The van der Waals surface area contributed by atoms with Crippen molar-refractivity contribution in [2.75, 3.05) is 11.9 Å². The van der Waals surface area contributed by atoms with Gasteiger partial charge in [-0.1, -0.05) is 0 Å². The van der Waals surface area contributed by atoms with Crippen LogP contribution in [0.2, 0.25) is 0 Å². The van der Waals surface area contributed by atoms with E-state index in [9.17, 15) is 4.79 Å². The lowest BCUT2D eigenvalue weighted by molar-refractivity contribution is -0.152. The summed E-state index contributed by atoms with van der Waals surface area (Å²) in [5.41, 5.74) is 1.26. The molecule has 0 unspecified atom stereocenters. The molecule has 0 aromatic carbocycles. The SMILES string of the molecule is Cc1cc(C)nc(NCC(=O)OC(C)(C)C)n1. The van der Waals surface area contributed by atoms with Gasteiger partial charge in [-0.15, -0.1) is 0 Å². The van der Waals surface area contributed by atoms with Crippen molar-refractivity contribution >= 4 is 11.9 Å². The molecule has 0 aliphatic rings. The predicted molar refractivity (Wildman–Crippen MR) is 65.8 cm³/mol. The molecule has 0 spiro atoms. The average Bonchev–Trinajstić information content (AvgIpc) is 2.10. The summed E-state index contributed by atoms with van der Waals surface area (Å²) in [5.74, 6) is 0.133. The molecule has 0 aliphatic heterocycles. The highest BCUT2D eigenvalue weighted by atomic mass is 16.6. The van der Waals surface area contributed by atoms with E-state index in [4.69, 9.17) is 4.74 Å². The molecule has 1 aromatic heterocycles. The largest absolute Gasteiger partial charge is 0.459 e. The second kappa shape index (κ2) is 5.12. The van der Waals surface area contributed by atoms with Gasteiger partial charge in [-0.3, -0.25) is 4.79 Å². The molecule has 1 rings (SSSR count). The third-order valence-corrected chi connectivity index (χ3v) is 1.79. The first kappa shape index (κ1) is 13.4. The number of hydrogen-bond donors (Lipinski definition) is 1. The highest BCUT2D eigenvalue weighted by molar-refractivity contribution is 5.74. The third kappa shape index (κ3) is 5.29. The van der Waals surface area contributed by atoms with Crippen molar-refractivity contribution in [3.63, 3.8) is 0 Å². The second-order valence-electron chi connectivity index (χ2n) is 4.91. The first-order valence-corrected chi connectivity index (χ1v) is 5.54. The molecule has 0 atom stereocenters. The van der Waals surface area contributed by atoms with Gasteiger partial charge in [0.25, 0.3) is 0 Å². The molecule has 0 fully saturated rings. The molecule has 94 valence electrons. The number of carbonyl (C=O) groups is 1. The molecule has 0 radical (unpaired) electrons. The molecule has 0 bridgehead atoms. The lowest BCUT2D eigenvalue weighted by Crippen LogP contribution is -2.28. The second-order valence-corrected chi connectivity index (χ2v) is 4.91. The molecular formula is C12H19N3O2. The van der Waals surface area contributed by atoms with Gasteiger partial charge in [0.1, 0.15) is 12.1 Å². The summed E-state index contributed by atoms with van der Waals surface area (Å²) in [6.07, 6.45) is 0. The van der Waals surface area contributed by atoms with Crippen molar-refractivity contribution in [2.45, 2.75) is 40.2 Å². The minimum atomic E-state index is -0.470. The van der Waals surface area contributed by atoms with Gasteiger partial charge in [-0.25, -0.2) is 9.97 Å². The highest BCUT2D eigenvalue weighted by Gasteiger charge is 2.16. The molecule has 0 amide bonds. The summed E-state index contributed by atoms with van der Waals surface area (Å²) in [4.78, 5) is 19.8. The van der Waals surface area contributed by atoms with Gasteiger partial charge in [-0.05, 0) is 40.7 Å². The van der Waals surface area contributed by atoms with Crippen molar-refractivity contribution < 1.29 is 9.53 Å². The predicted octanol–water partition coefficient (Wildman–Crippen LogP) is 1.85. The maximum absolute atomic E-state index is 11.5. The lowest BCUT2D eigenvalue weighted by Gasteiger charge is -2.19. The van der Waals surface area contributed by atoms with Gasteiger partial charge >= 0.3 is 5.97 Å². The zero-order chi connectivity index (χ0) is 13.1. The Hall–Kier alpha value is -1.65. The molecule has 0 aliphatic carbocycles. The average molecular weight is 237 g/mol. The number of aryl methyl sites for hydroxylation is 2. The van der Waals surface area contributed by atoms with Gasteiger partial charge in [0.15, 0.2) is 0 Å². The minimum Gasteiger partial charge on any atom is -0.459 e. The van der Waals surface area contributed by atoms with Crippen LogP contribution in [-0.4, -0.2) is 28.1 Å². The van der Waals surface area contributed by atoms with Gasteiger partial charge in [0, 0.05) is 11.4 Å². The van der Waals surface area contributed by atoms with E-state index >= 15 is 0 Å². The minimum absolute atomic E-state index is 0.0696.